The van der Waals surface area contributed by atoms with Crippen LogP contribution in [0.3, 0.4) is 0 Å². The molecule has 0 aliphatic heterocycles. The molecule has 0 aliphatic carbocycles. The van der Waals surface area contributed by atoms with Gasteiger partial charge in [-0.25, -0.2) is 0 Å². The maximum Gasteiger partial charge on any atom is 0.127 e. The van der Waals surface area contributed by atoms with Crippen LogP contribution in [-0.2, 0) is 0 Å². The zero-order valence-electron chi connectivity index (χ0n) is 13.2. The second kappa shape index (κ2) is 9.11. The normalized spacial score (nSPS) is 14.6. The van der Waals surface area contributed by atoms with E-state index in [0.717, 1.165) is 0 Å². The van der Waals surface area contributed by atoms with E-state index in [1.165, 1.54) is 44.7 Å². The van der Waals surface area contributed by atoms with Gasteiger partial charge in [0.15, 0.2) is 0 Å². The zero-order chi connectivity index (χ0) is 14.1. The average molecular weight is 264 g/mol. The van der Waals surface area contributed by atoms with Crippen molar-refractivity contribution in [2.45, 2.75) is 33.1 Å². The molecule has 0 saturated carbocycles. The van der Waals surface area contributed by atoms with Gasteiger partial charge in [-0.15, -0.1) is 0 Å². The predicted octanol–water partition coefficient (Wildman–Crippen LogP) is 0.620. The van der Waals surface area contributed by atoms with Crippen molar-refractivity contribution >= 4 is 0 Å². The van der Waals surface area contributed by atoms with Crippen LogP contribution < -0.4 is 9.80 Å². The first kappa shape index (κ1) is 16.2. The number of hydrogen-bond acceptors (Lipinski definition) is 0. The van der Waals surface area contributed by atoms with E-state index in [0.29, 0.717) is 5.92 Å². The Kier molecular flexibility index (Phi) is 7.76. The monoisotopic (exact) mass is 264 g/mol. The molecule has 0 radical (unpaired) electrons. The number of likely N-dealkylation sites (N-methyl/N-ethyl adjacent to an activating group) is 2. The SMILES string of the molecule is CC[NH+](CC)CC[NH+](C)CC[C@@H](C)c1ccccc1. The first-order valence-corrected chi connectivity index (χ1v) is 7.87. The molecule has 1 aromatic carbocycles. The molecule has 2 atom stereocenters. The lowest BCUT2D eigenvalue weighted by Gasteiger charge is -2.20. The third-order valence-corrected chi connectivity index (χ3v) is 4.28. The van der Waals surface area contributed by atoms with Crippen molar-refractivity contribution in [3.8, 4) is 0 Å². The van der Waals surface area contributed by atoms with Gasteiger partial charge < -0.3 is 9.80 Å². The summed E-state index contributed by atoms with van der Waals surface area (Å²) in [5.74, 6) is 0.678. The number of hydrogen-bond donors (Lipinski definition) is 2. The summed E-state index contributed by atoms with van der Waals surface area (Å²) >= 11 is 0. The fraction of sp³-hybridized carbons (Fsp3) is 0.647. The third-order valence-electron chi connectivity index (χ3n) is 4.28. The third kappa shape index (κ3) is 6.22. The molecule has 0 fully saturated rings. The van der Waals surface area contributed by atoms with Crippen LogP contribution in [0.1, 0.15) is 38.7 Å². The topological polar surface area (TPSA) is 8.88 Å². The van der Waals surface area contributed by atoms with E-state index in [2.05, 4.69) is 58.2 Å². The molecule has 1 unspecified atom stereocenters. The standard InChI is InChI=1S/C17H30N2/c1-5-19(6-2)15-14-18(4)13-12-16(3)17-10-8-7-9-11-17/h7-11,16H,5-6,12-15H2,1-4H3/p+2/t16-/m1/s1. The van der Waals surface area contributed by atoms with Crippen molar-refractivity contribution in [3.63, 3.8) is 0 Å². The van der Waals surface area contributed by atoms with Crippen LogP contribution in [0, 0.1) is 0 Å². The van der Waals surface area contributed by atoms with E-state index in [-0.39, 0.29) is 0 Å². The Hall–Kier alpha value is -0.860. The molecule has 1 aromatic rings. The Morgan fingerprint density at radius 2 is 1.58 bits per heavy atom. The molecular weight excluding hydrogens is 232 g/mol. The summed E-state index contributed by atoms with van der Waals surface area (Å²) in [6.45, 7) is 13.3. The zero-order valence-corrected chi connectivity index (χ0v) is 13.2. The fourth-order valence-corrected chi connectivity index (χ4v) is 2.53. The van der Waals surface area contributed by atoms with Gasteiger partial charge in [-0.2, -0.15) is 0 Å². The second-order valence-electron chi connectivity index (χ2n) is 5.76. The van der Waals surface area contributed by atoms with E-state index in [1.54, 1.807) is 9.80 Å². The molecule has 1 rings (SSSR count). The van der Waals surface area contributed by atoms with Gasteiger partial charge in [0.25, 0.3) is 0 Å². The average Bonchev–Trinajstić information content (AvgIpc) is 2.46. The van der Waals surface area contributed by atoms with Gasteiger partial charge in [0.1, 0.15) is 13.1 Å². The molecule has 0 saturated heterocycles. The summed E-state index contributed by atoms with van der Waals surface area (Å²) in [6.07, 6.45) is 1.28. The maximum absolute atomic E-state index is 2.35. The highest BCUT2D eigenvalue weighted by molar-refractivity contribution is 5.18. The smallest absolute Gasteiger partial charge is 0.127 e. The van der Waals surface area contributed by atoms with E-state index in [4.69, 9.17) is 0 Å². The molecule has 2 N–H and O–H groups in total. The molecule has 19 heavy (non-hydrogen) atoms. The van der Waals surface area contributed by atoms with Crippen molar-refractivity contribution in [2.24, 2.45) is 0 Å². The lowest BCUT2D eigenvalue weighted by molar-refractivity contribution is -0.947. The van der Waals surface area contributed by atoms with Crippen LogP contribution in [0.2, 0.25) is 0 Å². The van der Waals surface area contributed by atoms with Crippen molar-refractivity contribution in [3.05, 3.63) is 35.9 Å². The number of nitrogens with one attached hydrogen (secondary N) is 2. The van der Waals surface area contributed by atoms with Gasteiger partial charge in [0, 0.05) is 6.42 Å². The minimum absolute atomic E-state index is 0.678. The Labute approximate surface area is 119 Å². The Balaban J connectivity index is 2.24. The van der Waals surface area contributed by atoms with Crippen molar-refractivity contribution in [1.82, 2.24) is 0 Å². The molecule has 0 bridgehead atoms. The van der Waals surface area contributed by atoms with Crippen LogP contribution in [0.4, 0.5) is 0 Å². The number of quaternary nitrogens is 2. The molecule has 108 valence electrons. The van der Waals surface area contributed by atoms with E-state index in [1.807, 2.05) is 0 Å². The molecule has 0 spiro atoms. The van der Waals surface area contributed by atoms with Crippen molar-refractivity contribution in [1.29, 1.82) is 0 Å². The fourth-order valence-electron chi connectivity index (χ4n) is 2.53. The maximum atomic E-state index is 2.35. The molecule has 0 amide bonds. The van der Waals surface area contributed by atoms with Gasteiger partial charge in [0.05, 0.1) is 26.7 Å². The number of benzene rings is 1. The highest BCUT2D eigenvalue weighted by atomic mass is 15.2. The van der Waals surface area contributed by atoms with E-state index in [9.17, 15) is 0 Å². The van der Waals surface area contributed by atoms with Crippen LogP contribution >= 0.6 is 0 Å². The molecule has 0 heterocycles. The van der Waals surface area contributed by atoms with Crippen molar-refractivity contribution < 1.29 is 9.80 Å². The van der Waals surface area contributed by atoms with Crippen LogP contribution in [0.15, 0.2) is 30.3 Å². The highest BCUT2D eigenvalue weighted by Gasteiger charge is 2.11. The molecular formula is C17H32N2+2. The van der Waals surface area contributed by atoms with E-state index >= 15 is 0 Å². The summed E-state index contributed by atoms with van der Waals surface area (Å²) in [6, 6.07) is 10.9. The van der Waals surface area contributed by atoms with Crippen molar-refractivity contribution in [2.75, 3.05) is 39.8 Å². The molecule has 0 aromatic heterocycles. The molecule has 0 aliphatic rings. The summed E-state index contributed by atoms with van der Waals surface area (Å²) in [7, 11) is 2.33. The molecule has 2 heteroatoms. The first-order chi connectivity index (χ1) is 9.17. The summed E-state index contributed by atoms with van der Waals surface area (Å²) < 4.78 is 0. The van der Waals surface area contributed by atoms with Gasteiger partial charge in [-0.3, -0.25) is 0 Å². The Morgan fingerprint density at radius 1 is 0.947 bits per heavy atom. The van der Waals surface area contributed by atoms with Gasteiger partial charge in [0.2, 0.25) is 0 Å². The van der Waals surface area contributed by atoms with Crippen LogP contribution in [0.25, 0.3) is 0 Å². The Morgan fingerprint density at radius 3 is 2.16 bits per heavy atom. The lowest BCUT2D eigenvalue weighted by atomic mass is 9.98. The van der Waals surface area contributed by atoms with E-state index < -0.39 is 0 Å². The minimum Gasteiger partial charge on any atom is -0.333 e. The van der Waals surface area contributed by atoms with Gasteiger partial charge in [-0.1, -0.05) is 37.3 Å². The van der Waals surface area contributed by atoms with Gasteiger partial charge in [-0.05, 0) is 25.3 Å². The number of rotatable bonds is 9. The highest BCUT2D eigenvalue weighted by Crippen LogP contribution is 2.16. The predicted molar refractivity (Wildman–Crippen MR) is 83.0 cm³/mol. The van der Waals surface area contributed by atoms with Crippen LogP contribution in [0.5, 0.6) is 0 Å². The second-order valence-corrected chi connectivity index (χ2v) is 5.76. The van der Waals surface area contributed by atoms with Gasteiger partial charge >= 0.3 is 0 Å². The largest absolute Gasteiger partial charge is 0.333 e. The first-order valence-electron chi connectivity index (χ1n) is 7.87. The summed E-state index contributed by atoms with van der Waals surface area (Å²) in [5, 5.41) is 0. The summed E-state index contributed by atoms with van der Waals surface area (Å²) in [4.78, 5) is 3.39. The minimum atomic E-state index is 0.678. The lowest BCUT2D eigenvalue weighted by Crippen LogP contribution is -3.18. The Bertz CT molecular complexity index is 319. The molecule has 2 nitrogen and oxygen atoms in total. The summed E-state index contributed by atoms with van der Waals surface area (Å²) in [5.41, 5.74) is 1.48. The van der Waals surface area contributed by atoms with Crippen LogP contribution in [-0.4, -0.2) is 39.8 Å². The quantitative estimate of drug-likeness (QED) is 0.647.